The number of carbonyl (C=O) groups is 1. The van der Waals surface area contributed by atoms with E-state index < -0.39 is 0 Å². The van der Waals surface area contributed by atoms with Gasteiger partial charge >= 0.3 is 0 Å². The molecule has 0 N–H and O–H groups in total. The molecule has 0 saturated carbocycles. The van der Waals surface area contributed by atoms with Crippen LogP contribution in [0.2, 0.25) is 0 Å². The summed E-state index contributed by atoms with van der Waals surface area (Å²) in [6.07, 6.45) is 0.402. The molecule has 0 atom stereocenters. The topological polar surface area (TPSA) is 29.5 Å². The summed E-state index contributed by atoms with van der Waals surface area (Å²) in [4.78, 5) is 13.9. The van der Waals surface area contributed by atoms with Crippen LogP contribution >= 0.6 is 11.6 Å². The average molecular weight is 270 g/mol. The Hall–Kier alpha value is -1.22. The van der Waals surface area contributed by atoms with E-state index in [0.717, 1.165) is 11.3 Å². The average Bonchev–Trinajstić information content (AvgIpc) is 2.36. The molecule has 18 heavy (non-hydrogen) atoms. The van der Waals surface area contributed by atoms with Crippen LogP contribution in [-0.2, 0) is 11.2 Å². The zero-order valence-electron chi connectivity index (χ0n) is 11.1. The normalized spacial score (nSPS) is 10.5. The van der Waals surface area contributed by atoms with Crippen molar-refractivity contribution in [2.75, 3.05) is 19.5 Å². The molecule has 1 rings (SSSR count). The molecule has 0 aliphatic carbocycles. The Morgan fingerprint density at radius 3 is 2.39 bits per heavy atom. The maximum Gasteiger partial charge on any atom is 0.227 e. The van der Waals surface area contributed by atoms with Gasteiger partial charge in [0.05, 0.1) is 13.5 Å². The van der Waals surface area contributed by atoms with E-state index in [9.17, 15) is 4.79 Å². The predicted molar refractivity (Wildman–Crippen MR) is 74.3 cm³/mol. The predicted octanol–water partition coefficient (Wildman–Crippen LogP) is 2.71. The van der Waals surface area contributed by atoms with Crippen LogP contribution in [0.4, 0.5) is 0 Å². The number of methoxy groups -OCH3 is 1. The molecule has 3 nitrogen and oxygen atoms in total. The van der Waals surface area contributed by atoms with E-state index in [4.69, 9.17) is 16.3 Å². The van der Waals surface area contributed by atoms with E-state index in [1.54, 1.807) is 12.0 Å². The van der Waals surface area contributed by atoms with Crippen molar-refractivity contribution in [3.05, 3.63) is 29.8 Å². The van der Waals surface area contributed by atoms with E-state index in [-0.39, 0.29) is 11.9 Å². The Bertz CT molecular complexity index is 376. The zero-order chi connectivity index (χ0) is 13.5. The summed E-state index contributed by atoms with van der Waals surface area (Å²) in [7, 11) is 1.63. The number of amides is 1. The van der Waals surface area contributed by atoms with Gasteiger partial charge in [0.1, 0.15) is 5.75 Å². The number of carbonyl (C=O) groups excluding carboxylic acids is 1. The molecule has 0 bridgehead atoms. The van der Waals surface area contributed by atoms with Gasteiger partial charge in [0.2, 0.25) is 5.91 Å². The summed E-state index contributed by atoms with van der Waals surface area (Å²) in [5.74, 6) is 1.37. The lowest BCUT2D eigenvalue weighted by atomic mass is 10.1. The SMILES string of the molecule is COc1ccc(CC(=O)N(CCCl)C(C)C)cc1. The summed E-state index contributed by atoms with van der Waals surface area (Å²) in [6, 6.07) is 7.73. The minimum Gasteiger partial charge on any atom is -0.497 e. The molecule has 0 spiro atoms. The number of nitrogens with zero attached hydrogens (tertiary/aromatic N) is 1. The maximum absolute atomic E-state index is 12.1. The van der Waals surface area contributed by atoms with Crippen molar-refractivity contribution >= 4 is 17.5 Å². The van der Waals surface area contributed by atoms with Crippen LogP contribution in [0.15, 0.2) is 24.3 Å². The molecule has 4 heteroatoms. The molecule has 0 aliphatic heterocycles. The molecule has 100 valence electrons. The Labute approximate surface area is 114 Å². The number of alkyl halides is 1. The van der Waals surface area contributed by atoms with Crippen LogP contribution in [-0.4, -0.2) is 36.4 Å². The third kappa shape index (κ3) is 4.22. The fraction of sp³-hybridized carbons (Fsp3) is 0.500. The number of hydrogen-bond donors (Lipinski definition) is 0. The minimum absolute atomic E-state index is 0.107. The smallest absolute Gasteiger partial charge is 0.227 e. The molecule has 1 aromatic rings. The molecule has 0 saturated heterocycles. The van der Waals surface area contributed by atoms with Crippen LogP contribution < -0.4 is 4.74 Å². The first kappa shape index (κ1) is 14.8. The highest BCUT2D eigenvalue weighted by atomic mass is 35.5. The Morgan fingerprint density at radius 1 is 1.33 bits per heavy atom. The quantitative estimate of drug-likeness (QED) is 0.743. The molecular formula is C14H20ClNO2. The molecule has 0 aromatic heterocycles. The molecule has 0 aliphatic rings. The minimum atomic E-state index is 0.107. The number of halogens is 1. The van der Waals surface area contributed by atoms with Crippen molar-refractivity contribution < 1.29 is 9.53 Å². The van der Waals surface area contributed by atoms with Gasteiger partial charge in [-0.2, -0.15) is 0 Å². The number of hydrogen-bond acceptors (Lipinski definition) is 2. The first-order valence-corrected chi connectivity index (χ1v) is 6.60. The van der Waals surface area contributed by atoms with Crippen molar-refractivity contribution in [3.8, 4) is 5.75 Å². The van der Waals surface area contributed by atoms with E-state index in [0.29, 0.717) is 18.8 Å². The Morgan fingerprint density at radius 2 is 1.94 bits per heavy atom. The third-order valence-corrected chi connectivity index (χ3v) is 2.95. The molecule has 0 heterocycles. The number of rotatable bonds is 6. The monoisotopic (exact) mass is 269 g/mol. The lowest BCUT2D eigenvalue weighted by Crippen LogP contribution is -2.39. The van der Waals surface area contributed by atoms with Gasteiger partial charge in [0, 0.05) is 18.5 Å². The van der Waals surface area contributed by atoms with E-state index in [2.05, 4.69) is 0 Å². The second-order valence-corrected chi connectivity index (χ2v) is 4.77. The van der Waals surface area contributed by atoms with Gasteiger partial charge in [0.25, 0.3) is 0 Å². The Kier molecular flexibility index (Phi) is 5.99. The van der Waals surface area contributed by atoms with Gasteiger partial charge in [-0.05, 0) is 31.5 Å². The molecule has 0 radical (unpaired) electrons. The summed E-state index contributed by atoms with van der Waals surface area (Å²) < 4.78 is 5.09. The van der Waals surface area contributed by atoms with Crippen molar-refractivity contribution in [2.45, 2.75) is 26.3 Å². The maximum atomic E-state index is 12.1. The summed E-state index contributed by atoms with van der Waals surface area (Å²) >= 11 is 5.72. The van der Waals surface area contributed by atoms with E-state index >= 15 is 0 Å². The van der Waals surface area contributed by atoms with Gasteiger partial charge in [0.15, 0.2) is 0 Å². The van der Waals surface area contributed by atoms with Crippen LogP contribution in [0.3, 0.4) is 0 Å². The summed E-state index contributed by atoms with van der Waals surface area (Å²) in [5, 5.41) is 0. The fourth-order valence-electron chi connectivity index (χ4n) is 1.78. The molecular weight excluding hydrogens is 250 g/mol. The van der Waals surface area contributed by atoms with Crippen molar-refractivity contribution in [2.24, 2.45) is 0 Å². The highest BCUT2D eigenvalue weighted by Gasteiger charge is 2.16. The van der Waals surface area contributed by atoms with Crippen LogP contribution in [0.25, 0.3) is 0 Å². The second kappa shape index (κ2) is 7.27. The Balaban J connectivity index is 2.66. The summed E-state index contributed by atoms with van der Waals surface area (Å²) in [5.41, 5.74) is 0.987. The molecule has 1 aromatic carbocycles. The van der Waals surface area contributed by atoms with Gasteiger partial charge in [-0.15, -0.1) is 11.6 Å². The lowest BCUT2D eigenvalue weighted by molar-refractivity contribution is -0.131. The molecule has 1 amide bonds. The van der Waals surface area contributed by atoms with Crippen molar-refractivity contribution in [1.29, 1.82) is 0 Å². The number of benzene rings is 1. The lowest BCUT2D eigenvalue weighted by Gasteiger charge is -2.26. The van der Waals surface area contributed by atoms with Crippen LogP contribution in [0, 0.1) is 0 Å². The summed E-state index contributed by atoms with van der Waals surface area (Å²) in [6.45, 7) is 4.59. The van der Waals surface area contributed by atoms with Gasteiger partial charge in [-0.3, -0.25) is 4.79 Å². The molecule has 0 fully saturated rings. The largest absolute Gasteiger partial charge is 0.497 e. The van der Waals surface area contributed by atoms with E-state index in [1.807, 2.05) is 38.1 Å². The van der Waals surface area contributed by atoms with Crippen molar-refractivity contribution in [1.82, 2.24) is 4.90 Å². The fourth-order valence-corrected chi connectivity index (χ4v) is 1.96. The highest BCUT2D eigenvalue weighted by molar-refractivity contribution is 6.18. The zero-order valence-corrected chi connectivity index (χ0v) is 11.9. The van der Waals surface area contributed by atoms with Crippen molar-refractivity contribution in [3.63, 3.8) is 0 Å². The van der Waals surface area contributed by atoms with Gasteiger partial charge in [-0.25, -0.2) is 0 Å². The standard InChI is InChI=1S/C14H20ClNO2/c1-11(2)16(9-8-15)14(17)10-12-4-6-13(18-3)7-5-12/h4-7,11H,8-10H2,1-3H3. The first-order chi connectivity index (χ1) is 8.58. The highest BCUT2D eigenvalue weighted by Crippen LogP contribution is 2.13. The van der Waals surface area contributed by atoms with Gasteiger partial charge in [-0.1, -0.05) is 12.1 Å². The molecule has 0 unspecified atom stereocenters. The van der Waals surface area contributed by atoms with Crippen LogP contribution in [0.5, 0.6) is 5.75 Å². The second-order valence-electron chi connectivity index (χ2n) is 4.39. The first-order valence-electron chi connectivity index (χ1n) is 6.06. The van der Waals surface area contributed by atoms with E-state index in [1.165, 1.54) is 0 Å². The van der Waals surface area contributed by atoms with Gasteiger partial charge < -0.3 is 9.64 Å². The van der Waals surface area contributed by atoms with Crippen LogP contribution in [0.1, 0.15) is 19.4 Å². The third-order valence-electron chi connectivity index (χ3n) is 2.78. The number of ether oxygens (including phenoxy) is 1.